The smallest absolute Gasteiger partial charge is 0.0334 e. The zero-order chi connectivity index (χ0) is 8.44. The zero-order valence-electron chi connectivity index (χ0n) is 8.10. The van der Waals surface area contributed by atoms with E-state index in [1.165, 1.54) is 51.7 Å². The van der Waals surface area contributed by atoms with Crippen molar-refractivity contribution in [2.75, 3.05) is 26.7 Å². The first-order valence-electron chi connectivity index (χ1n) is 5.27. The summed E-state index contributed by atoms with van der Waals surface area (Å²) in [5, 5.41) is 3.36. The average Bonchev–Trinajstić information content (AvgIpc) is 2.48. The third-order valence-corrected chi connectivity index (χ3v) is 3.57. The van der Waals surface area contributed by atoms with E-state index in [1.54, 1.807) is 0 Å². The topological polar surface area (TPSA) is 15.3 Å². The van der Waals surface area contributed by atoms with E-state index in [-0.39, 0.29) is 0 Å². The van der Waals surface area contributed by atoms with Gasteiger partial charge in [-0.25, -0.2) is 0 Å². The van der Waals surface area contributed by atoms with Crippen molar-refractivity contribution < 1.29 is 0 Å². The van der Waals surface area contributed by atoms with Crippen LogP contribution < -0.4 is 5.32 Å². The lowest BCUT2D eigenvalue weighted by Gasteiger charge is -2.42. The molecule has 0 aromatic rings. The highest BCUT2D eigenvalue weighted by Gasteiger charge is 2.41. The van der Waals surface area contributed by atoms with Gasteiger partial charge < -0.3 is 5.32 Å². The third kappa shape index (κ3) is 1.27. The lowest BCUT2D eigenvalue weighted by molar-refractivity contribution is 0.0910. The van der Waals surface area contributed by atoms with Crippen molar-refractivity contribution in [3.8, 4) is 0 Å². The summed E-state index contributed by atoms with van der Waals surface area (Å²) in [4.78, 5) is 2.72. The van der Waals surface area contributed by atoms with E-state index < -0.39 is 0 Å². The van der Waals surface area contributed by atoms with Gasteiger partial charge in [0, 0.05) is 12.1 Å². The maximum Gasteiger partial charge on any atom is 0.0334 e. The first-order chi connectivity index (χ1) is 5.87. The second kappa shape index (κ2) is 3.35. The van der Waals surface area contributed by atoms with Crippen molar-refractivity contribution in [1.82, 2.24) is 10.2 Å². The predicted molar refractivity (Wildman–Crippen MR) is 51.3 cm³/mol. The van der Waals surface area contributed by atoms with Crippen LogP contribution in [-0.4, -0.2) is 37.1 Å². The summed E-state index contributed by atoms with van der Waals surface area (Å²) in [7, 11) is 2.08. The molecule has 2 saturated heterocycles. The van der Waals surface area contributed by atoms with Crippen molar-refractivity contribution in [3.05, 3.63) is 0 Å². The molecule has 1 atom stereocenters. The molecular formula is C10H20N2. The Morgan fingerprint density at radius 2 is 1.92 bits per heavy atom. The van der Waals surface area contributed by atoms with Gasteiger partial charge in [-0.1, -0.05) is 6.42 Å². The molecule has 0 radical (unpaired) electrons. The van der Waals surface area contributed by atoms with Crippen LogP contribution in [0.1, 0.15) is 32.1 Å². The molecular weight excluding hydrogens is 148 g/mol. The van der Waals surface area contributed by atoms with Gasteiger partial charge in [0.05, 0.1) is 0 Å². The SMILES string of the molecule is CNC[C@@]12CCCCN1CCC2. The number of nitrogens with one attached hydrogen (secondary N) is 1. The Morgan fingerprint density at radius 3 is 2.75 bits per heavy atom. The fourth-order valence-corrected chi connectivity index (χ4v) is 3.00. The predicted octanol–water partition coefficient (Wildman–Crippen LogP) is 1.22. The molecule has 0 spiro atoms. The lowest BCUT2D eigenvalue weighted by atomic mass is 9.86. The van der Waals surface area contributed by atoms with Crippen molar-refractivity contribution in [1.29, 1.82) is 0 Å². The van der Waals surface area contributed by atoms with Gasteiger partial charge in [-0.05, 0) is 45.8 Å². The highest BCUT2D eigenvalue weighted by molar-refractivity contribution is 4.99. The summed E-state index contributed by atoms with van der Waals surface area (Å²) in [6.07, 6.45) is 7.13. The van der Waals surface area contributed by atoms with Crippen LogP contribution in [0.25, 0.3) is 0 Å². The van der Waals surface area contributed by atoms with Crippen LogP contribution in [0, 0.1) is 0 Å². The molecule has 1 N–H and O–H groups in total. The molecule has 0 aromatic heterocycles. The van der Waals surface area contributed by atoms with Gasteiger partial charge in [-0.3, -0.25) is 4.90 Å². The van der Waals surface area contributed by atoms with E-state index in [2.05, 4.69) is 17.3 Å². The Labute approximate surface area is 75.3 Å². The molecule has 12 heavy (non-hydrogen) atoms. The molecule has 2 aliphatic heterocycles. The maximum atomic E-state index is 3.36. The van der Waals surface area contributed by atoms with Crippen molar-refractivity contribution in [2.45, 2.75) is 37.6 Å². The number of likely N-dealkylation sites (N-methyl/N-ethyl adjacent to an activating group) is 1. The van der Waals surface area contributed by atoms with Crippen molar-refractivity contribution in [3.63, 3.8) is 0 Å². The van der Waals surface area contributed by atoms with Gasteiger partial charge in [-0.15, -0.1) is 0 Å². The number of fused-ring (bicyclic) bond motifs is 1. The third-order valence-electron chi connectivity index (χ3n) is 3.57. The summed E-state index contributed by atoms with van der Waals surface area (Å²) in [5.41, 5.74) is 0.562. The molecule has 70 valence electrons. The second-order valence-electron chi connectivity index (χ2n) is 4.30. The van der Waals surface area contributed by atoms with Crippen LogP contribution in [-0.2, 0) is 0 Å². The van der Waals surface area contributed by atoms with Crippen LogP contribution in [0.15, 0.2) is 0 Å². The molecule has 0 saturated carbocycles. The van der Waals surface area contributed by atoms with Gasteiger partial charge in [-0.2, -0.15) is 0 Å². The second-order valence-corrected chi connectivity index (χ2v) is 4.30. The van der Waals surface area contributed by atoms with Gasteiger partial charge in [0.1, 0.15) is 0 Å². The molecule has 2 nitrogen and oxygen atoms in total. The quantitative estimate of drug-likeness (QED) is 0.667. The molecule has 0 bridgehead atoms. The summed E-state index contributed by atoms with van der Waals surface area (Å²) in [6.45, 7) is 3.90. The van der Waals surface area contributed by atoms with Crippen LogP contribution in [0.2, 0.25) is 0 Å². The molecule has 2 aliphatic rings. The van der Waals surface area contributed by atoms with Crippen molar-refractivity contribution >= 4 is 0 Å². The standard InChI is InChI=1S/C10H20N2/c1-11-9-10-5-2-3-7-12(10)8-4-6-10/h11H,2-9H2,1H3/t10-/m0/s1. The highest BCUT2D eigenvalue weighted by atomic mass is 15.2. The van der Waals surface area contributed by atoms with Gasteiger partial charge >= 0.3 is 0 Å². The number of rotatable bonds is 2. The summed E-state index contributed by atoms with van der Waals surface area (Å²) < 4.78 is 0. The summed E-state index contributed by atoms with van der Waals surface area (Å²) in [5.74, 6) is 0. The Morgan fingerprint density at radius 1 is 1.17 bits per heavy atom. The number of hydrogen-bond donors (Lipinski definition) is 1. The molecule has 0 amide bonds. The minimum atomic E-state index is 0.562. The van der Waals surface area contributed by atoms with E-state index in [9.17, 15) is 0 Å². The monoisotopic (exact) mass is 168 g/mol. The molecule has 2 heterocycles. The summed E-state index contributed by atoms with van der Waals surface area (Å²) in [6, 6.07) is 0. The van der Waals surface area contributed by atoms with Crippen LogP contribution in [0.3, 0.4) is 0 Å². The molecule has 2 fully saturated rings. The van der Waals surface area contributed by atoms with E-state index in [0.717, 1.165) is 0 Å². The molecule has 2 heteroatoms. The Kier molecular flexibility index (Phi) is 2.37. The molecule has 0 aromatic carbocycles. The van der Waals surface area contributed by atoms with E-state index in [1.807, 2.05) is 0 Å². The first kappa shape index (κ1) is 8.52. The van der Waals surface area contributed by atoms with Gasteiger partial charge in [0.25, 0.3) is 0 Å². The highest BCUT2D eigenvalue weighted by Crippen LogP contribution is 2.36. The van der Waals surface area contributed by atoms with Crippen LogP contribution >= 0.6 is 0 Å². The van der Waals surface area contributed by atoms with E-state index in [0.29, 0.717) is 5.54 Å². The lowest BCUT2D eigenvalue weighted by Crippen LogP contribution is -2.52. The van der Waals surface area contributed by atoms with Gasteiger partial charge in [0.2, 0.25) is 0 Å². The minimum absolute atomic E-state index is 0.562. The average molecular weight is 168 g/mol. The van der Waals surface area contributed by atoms with Crippen molar-refractivity contribution in [2.24, 2.45) is 0 Å². The Balaban J connectivity index is 2.06. The Hall–Kier alpha value is -0.0800. The number of piperidine rings is 1. The largest absolute Gasteiger partial charge is 0.318 e. The number of hydrogen-bond acceptors (Lipinski definition) is 2. The van der Waals surface area contributed by atoms with E-state index in [4.69, 9.17) is 0 Å². The molecule has 0 aliphatic carbocycles. The normalized spacial score (nSPS) is 36.8. The Bertz CT molecular complexity index is 154. The molecule has 2 rings (SSSR count). The van der Waals surface area contributed by atoms with Gasteiger partial charge in [0.15, 0.2) is 0 Å². The maximum absolute atomic E-state index is 3.36. The number of nitrogens with zero attached hydrogens (tertiary/aromatic N) is 1. The fourth-order valence-electron chi connectivity index (χ4n) is 3.00. The zero-order valence-corrected chi connectivity index (χ0v) is 8.10. The summed E-state index contributed by atoms with van der Waals surface area (Å²) >= 11 is 0. The fraction of sp³-hybridized carbons (Fsp3) is 1.00. The van der Waals surface area contributed by atoms with E-state index >= 15 is 0 Å². The van der Waals surface area contributed by atoms with Crippen LogP contribution in [0.4, 0.5) is 0 Å². The minimum Gasteiger partial charge on any atom is -0.318 e. The molecule has 0 unspecified atom stereocenters. The first-order valence-corrected chi connectivity index (χ1v) is 5.27. The van der Waals surface area contributed by atoms with Crippen LogP contribution in [0.5, 0.6) is 0 Å².